The summed E-state index contributed by atoms with van der Waals surface area (Å²) in [5.74, 6) is 0. The van der Waals surface area contributed by atoms with E-state index >= 15 is 0 Å². The van der Waals surface area contributed by atoms with Gasteiger partial charge >= 0.3 is 0 Å². The molecule has 3 nitrogen and oxygen atoms in total. The van der Waals surface area contributed by atoms with Crippen LogP contribution in [0.2, 0.25) is 0 Å². The van der Waals surface area contributed by atoms with Gasteiger partial charge in [-0.1, -0.05) is 129 Å². The van der Waals surface area contributed by atoms with Crippen LogP contribution in [-0.2, 0) is 10.8 Å². The van der Waals surface area contributed by atoms with Crippen LogP contribution in [0.3, 0.4) is 0 Å². The molecule has 2 N–H and O–H groups in total. The van der Waals surface area contributed by atoms with E-state index < -0.39 is 22.0 Å². The van der Waals surface area contributed by atoms with Crippen molar-refractivity contribution in [3.05, 3.63) is 0 Å². The summed E-state index contributed by atoms with van der Waals surface area (Å²) < 4.78 is 13.8. The summed E-state index contributed by atoms with van der Waals surface area (Å²) in [6.45, 7) is 11.9. The molecule has 36 heavy (non-hydrogen) atoms. The predicted octanol–water partition coefficient (Wildman–Crippen LogP) is 9.64. The Balaban J connectivity index is 4.68. The summed E-state index contributed by atoms with van der Waals surface area (Å²) in [7, 11) is -1.03. The van der Waals surface area contributed by atoms with Crippen molar-refractivity contribution in [2.75, 3.05) is 0 Å². The first kappa shape index (κ1) is 36.1. The summed E-state index contributed by atoms with van der Waals surface area (Å²) >= 11 is 0. The lowest BCUT2D eigenvalue weighted by atomic mass is 9.98. The van der Waals surface area contributed by atoms with E-state index in [1.54, 1.807) is 0 Å². The Kier molecular flexibility index (Phi) is 22.0. The zero-order valence-corrected chi connectivity index (χ0v) is 26.2. The fourth-order valence-electron chi connectivity index (χ4n) is 5.35. The number of rotatable bonds is 26. The van der Waals surface area contributed by atoms with Crippen molar-refractivity contribution in [1.29, 1.82) is 0 Å². The topological polar surface area (TPSA) is 57.5 Å². The molecule has 0 amide bonds. The summed E-state index contributed by atoms with van der Waals surface area (Å²) in [5.41, 5.74) is -1.62. The van der Waals surface area contributed by atoms with E-state index in [-0.39, 0.29) is 10.5 Å². The molecule has 0 saturated carbocycles. The summed E-state index contributed by atoms with van der Waals surface area (Å²) in [4.78, 5) is 0. The zero-order chi connectivity index (χ0) is 27.3. The van der Waals surface area contributed by atoms with Crippen LogP contribution < -0.4 is 0 Å². The average molecular weight is 531 g/mol. The maximum absolute atomic E-state index is 13.8. The highest BCUT2D eigenvalue weighted by Crippen LogP contribution is 2.29. The molecule has 0 bridgehead atoms. The van der Waals surface area contributed by atoms with Gasteiger partial charge in [0.2, 0.25) is 0 Å². The third-order valence-corrected chi connectivity index (χ3v) is 9.49. The molecular formula is C32H66O3S. The molecule has 0 saturated heterocycles. The van der Waals surface area contributed by atoms with Gasteiger partial charge in [-0.2, -0.15) is 0 Å². The lowest BCUT2D eigenvalue weighted by molar-refractivity contribution is 0.0669. The van der Waals surface area contributed by atoms with Gasteiger partial charge in [-0.05, 0) is 53.4 Å². The molecular weight excluding hydrogens is 464 g/mol. The largest absolute Gasteiger partial charge is 0.390 e. The highest BCUT2D eigenvalue weighted by atomic mass is 32.2. The van der Waals surface area contributed by atoms with Crippen molar-refractivity contribution in [3.8, 4) is 0 Å². The second kappa shape index (κ2) is 21.9. The minimum absolute atomic E-state index is 0.0143. The maximum Gasteiger partial charge on any atom is 0.0603 e. The van der Waals surface area contributed by atoms with Crippen LogP contribution in [0.25, 0.3) is 0 Å². The molecule has 0 aliphatic rings. The molecule has 0 aromatic carbocycles. The zero-order valence-electron chi connectivity index (χ0n) is 25.4. The van der Waals surface area contributed by atoms with Crippen LogP contribution in [0.15, 0.2) is 0 Å². The van der Waals surface area contributed by atoms with Gasteiger partial charge in [0.05, 0.1) is 11.2 Å². The highest BCUT2D eigenvalue weighted by molar-refractivity contribution is 7.86. The Morgan fingerprint density at radius 3 is 1.00 bits per heavy atom. The molecule has 4 heteroatoms. The molecule has 0 spiro atoms. The van der Waals surface area contributed by atoms with Crippen molar-refractivity contribution in [2.45, 2.75) is 205 Å². The lowest BCUT2D eigenvalue weighted by Gasteiger charge is -2.31. The number of aliphatic hydroxyl groups is 2. The summed E-state index contributed by atoms with van der Waals surface area (Å²) in [6, 6.07) is 0. The predicted molar refractivity (Wildman–Crippen MR) is 161 cm³/mol. The van der Waals surface area contributed by atoms with Crippen molar-refractivity contribution >= 4 is 10.8 Å². The third kappa shape index (κ3) is 23.2. The molecule has 0 radical (unpaired) electrons. The first-order valence-electron chi connectivity index (χ1n) is 15.8. The normalized spacial score (nSPS) is 15.2. The molecule has 2 unspecified atom stereocenters. The van der Waals surface area contributed by atoms with Gasteiger partial charge in [0.25, 0.3) is 0 Å². The van der Waals surface area contributed by atoms with Crippen molar-refractivity contribution in [2.24, 2.45) is 0 Å². The molecule has 0 aromatic rings. The molecule has 0 aliphatic carbocycles. The van der Waals surface area contributed by atoms with Gasteiger partial charge in [0.1, 0.15) is 0 Å². The van der Waals surface area contributed by atoms with Crippen molar-refractivity contribution in [1.82, 2.24) is 0 Å². The Hall–Kier alpha value is 0.0700. The molecule has 2 atom stereocenters. The minimum Gasteiger partial charge on any atom is -0.390 e. The Morgan fingerprint density at radius 1 is 0.500 bits per heavy atom. The first-order chi connectivity index (χ1) is 17.0. The summed E-state index contributed by atoms with van der Waals surface area (Å²) in [5, 5.41) is 21.2. The van der Waals surface area contributed by atoms with Crippen LogP contribution in [0, 0.1) is 0 Å². The summed E-state index contributed by atoms with van der Waals surface area (Å²) in [6.07, 6.45) is 26.2. The van der Waals surface area contributed by atoms with Crippen LogP contribution in [-0.4, -0.2) is 36.1 Å². The minimum atomic E-state index is -1.03. The van der Waals surface area contributed by atoms with Crippen LogP contribution in [0.5, 0.6) is 0 Å². The van der Waals surface area contributed by atoms with Gasteiger partial charge in [0.15, 0.2) is 0 Å². The van der Waals surface area contributed by atoms with Gasteiger partial charge < -0.3 is 10.2 Å². The molecule has 0 heterocycles. The fraction of sp³-hybridized carbons (Fsp3) is 1.00. The average Bonchev–Trinajstić information content (AvgIpc) is 2.78. The standard InChI is InChI=1S/C32H66O3S/c1-7-9-11-13-15-17-19-21-23-25-29(27-31(3,4)33)36(35)30(28-32(5,6)34)26-24-22-20-18-16-14-12-10-8-2/h29-30,33-34H,7-28H2,1-6H3. The van der Waals surface area contributed by atoms with Gasteiger partial charge in [-0.15, -0.1) is 0 Å². The van der Waals surface area contributed by atoms with E-state index in [2.05, 4.69) is 13.8 Å². The molecule has 0 fully saturated rings. The number of hydrogen-bond donors (Lipinski definition) is 2. The van der Waals surface area contributed by atoms with Gasteiger partial charge in [-0.3, -0.25) is 4.21 Å². The Bertz CT molecular complexity index is 463. The maximum atomic E-state index is 13.8. The second-order valence-electron chi connectivity index (χ2n) is 12.8. The third-order valence-electron chi connectivity index (χ3n) is 7.37. The van der Waals surface area contributed by atoms with Gasteiger partial charge in [-0.25, -0.2) is 0 Å². The van der Waals surface area contributed by atoms with E-state index in [0.717, 1.165) is 25.7 Å². The smallest absolute Gasteiger partial charge is 0.0603 e. The molecule has 0 rings (SSSR count). The SMILES string of the molecule is CCCCCCCCCCCC(CC(C)(C)O)S(=O)C(CCCCCCCCCCC)CC(C)(C)O. The van der Waals surface area contributed by atoms with Crippen molar-refractivity contribution < 1.29 is 14.4 Å². The lowest BCUT2D eigenvalue weighted by Crippen LogP contribution is -2.37. The number of unbranched alkanes of at least 4 members (excludes halogenated alkanes) is 16. The monoisotopic (exact) mass is 530 g/mol. The van der Waals surface area contributed by atoms with Crippen LogP contribution in [0.1, 0.15) is 183 Å². The van der Waals surface area contributed by atoms with E-state index in [4.69, 9.17) is 0 Å². The first-order valence-corrected chi connectivity index (χ1v) is 17.1. The molecule has 0 aromatic heterocycles. The number of hydrogen-bond acceptors (Lipinski definition) is 3. The quantitative estimate of drug-likeness (QED) is 0.109. The highest BCUT2D eigenvalue weighted by Gasteiger charge is 2.32. The van der Waals surface area contributed by atoms with E-state index in [1.807, 2.05) is 27.7 Å². The fourth-order valence-corrected chi connectivity index (χ4v) is 7.84. The van der Waals surface area contributed by atoms with E-state index in [1.165, 1.54) is 103 Å². The van der Waals surface area contributed by atoms with Crippen molar-refractivity contribution in [3.63, 3.8) is 0 Å². The second-order valence-corrected chi connectivity index (χ2v) is 14.8. The van der Waals surface area contributed by atoms with Crippen LogP contribution >= 0.6 is 0 Å². The molecule has 218 valence electrons. The Labute approximate surface area is 229 Å². The Morgan fingerprint density at radius 2 is 0.750 bits per heavy atom. The molecule has 0 aliphatic heterocycles. The van der Waals surface area contributed by atoms with Crippen LogP contribution in [0.4, 0.5) is 0 Å². The van der Waals surface area contributed by atoms with E-state index in [0.29, 0.717) is 12.8 Å². The van der Waals surface area contributed by atoms with Gasteiger partial charge in [0, 0.05) is 21.3 Å². The van der Waals surface area contributed by atoms with E-state index in [9.17, 15) is 14.4 Å².